The standard InChI is InChI=1S/C15H24N2O3S/c1-16-11-10-12-6-8-13(9-7-12)21(18,19)17-14-4-3-5-15(14)20-2/h6-9,14-17H,3-5,10-11H2,1-2H3. The summed E-state index contributed by atoms with van der Waals surface area (Å²) in [5, 5.41) is 3.08. The van der Waals surface area contributed by atoms with E-state index in [0.717, 1.165) is 37.8 Å². The largest absolute Gasteiger partial charge is 0.380 e. The molecule has 2 atom stereocenters. The third kappa shape index (κ3) is 4.26. The quantitative estimate of drug-likeness (QED) is 0.796. The third-order valence-electron chi connectivity index (χ3n) is 3.96. The number of hydrogen-bond acceptors (Lipinski definition) is 4. The van der Waals surface area contributed by atoms with Crippen LogP contribution in [-0.2, 0) is 21.2 Å². The molecule has 0 heterocycles. The number of benzene rings is 1. The highest BCUT2D eigenvalue weighted by Crippen LogP contribution is 2.23. The van der Waals surface area contributed by atoms with Crippen LogP contribution in [0.3, 0.4) is 0 Å². The lowest BCUT2D eigenvalue weighted by atomic mass is 10.1. The molecule has 21 heavy (non-hydrogen) atoms. The molecule has 0 aromatic heterocycles. The number of likely N-dealkylation sites (N-methyl/N-ethyl adjacent to an activating group) is 1. The normalized spacial score (nSPS) is 22.6. The van der Waals surface area contributed by atoms with E-state index in [0.29, 0.717) is 4.90 Å². The average molecular weight is 312 g/mol. The van der Waals surface area contributed by atoms with Crippen LogP contribution in [0.5, 0.6) is 0 Å². The molecule has 1 aromatic rings. The van der Waals surface area contributed by atoms with Crippen molar-refractivity contribution in [2.75, 3.05) is 20.7 Å². The summed E-state index contributed by atoms with van der Waals surface area (Å²) < 4.78 is 32.9. The van der Waals surface area contributed by atoms with E-state index >= 15 is 0 Å². The molecule has 0 spiro atoms. The molecule has 2 rings (SSSR count). The van der Waals surface area contributed by atoms with E-state index in [9.17, 15) is 8.42 Å². The molecule has 2 N–H and O–H groups in total. The Kier molecular flexibility index (Phi) is 5.75. The van der Waals surface area contributed by atoms with Crippen molar-refractivity contribution in [3.8, 4) is 0 Å². The van der Waals surface area contributed by atoms with Gasteiger partial charge in [0, 0.05) is 13.2 Å². The second kappa shape index (κ2) is 7.35. The smallest absolute Gasteiger partial charge is 0.240 e. The molecule has 0 amide bonds. The molecule has 1 saturated carbocycles. The fourth-order valence-corrected chi connectivity index (χ4v) is 4.01. The van der Waals surface area contributed by atoms with E-state index in [1.54, 1.807) is 19.2 Å². The van der Waals surface area contributed by atoms with Crippen LogP contribution in [0.15, 0.2) is 29.2 Å². The van der Waals surface area contributed by atoms with Crippen LogP contribution in [0.1, 0.15) is 24.8 Å². The van der Waals surface area contributed by atoms with E-state index in [1.165, 1.54) is 0 Å². The van der Waals surface area contributed by atoms with E-state index < -0.39 is 10.0 Å². The van der Waals surface area contributed by atoms with Gasteiger partial charge in [0.2, 0.25) is 10.0 Å². The first-order valence-corrected chi connectivity index (χ1v) is 8.84. The Balaban J connectivity index is 2.05. The van der Waals surface area contributed by atoms with Crippen molar-refractivity contribution in [3.05, 3.63) is 29.8 Å². The minimum absolute atomic E-state index is 0.0188. The van der Waals surface area contributed by atoms with Gasteiger partial charge in [-0.2, -0.15) is 0 Å². The molecule has 0 aliphatic heterocycles. The minimum atomic E-state index is -3.47. The van der Waals surface area contributed by atoms with Gasteiger partial charge in [-0.05, 0) is 57.0 Å². The first-order chi connectivity index (χ1) is 10.1. The van der Waals surface area contributed by atoms with Crippen LogP contribution in [0.2, 0.25) is 0 Å². The zero-order valence-corrected chi connectivity index (χ0v) is 13.4. The Labute approximate surface area is 127 Å². The van der Waals surface area contributed by atoms with Gasteiger partial charge in [0.1, 0.15) is 0 Å². The topological polar surface area (TPSA) is 67.4 Å². The summed E-state index contributed by atoms with van der Waals surface area (Å²) in [6.45, 7) is 0.877. The number of ether oxygens (including phenoxy) is 1. The van der Waals surface area contributed by atoms with Crippen LogP contribution in [-0.4, -0.2) is 41.3 Å². The van der Waals surface area contributed by atoms with E-state index in [2.05, 4.69) is 10.0 Å². The van der Waals surface area contributed by atoms with Crippen molar-refractivity contribution in [3.63, 3.8) is 0 Å². The van der Waals surface area contributed by atoms with Gasteiger partial charge >= 0.3 is 0 Å². The van der Waals surface area contributed by atoms with Gasteiger partial charge in [0.25, 0.3) is 0 Å². The highest BCUT2D eigenvalue weighted by molar-refractivity contribution is 7.89. The van der Waals surface area contributed by atoms with E-state index in [-0.39, 0.29) is 12.1 Å². The van der Waals surface area contributed by atoms with Crippen LogP contribution in [0.25, 0.3) is 0 Å². The number of hydrogen-bond donors (Lipinski definition) is 2. The van der Waals surface area contributed by atoms with Gasteiger partial charge in [-0.25, -0.2) is 13.1 Å². The fourth-order valence-electron chi connectivity index (χ4n) is 2.71. The number of rotatable bonds is 7. The first kappa shape index (κ1) is 16.4. The summed E-state index contributed by atoms with van der Waals surface area (Å²) in [6, 6.07) is 6.96. The summed E-state index contributed by atoms with van der Waals surface area (Å²) in [5.41, 5.74) is 1.12. The minimum Gasteiger partial charge on any atom is -0.380 e. The fraction of sp³-hybridized carbons (Fsp3) is 0.600. The first-order valence-electron chi connectivity index (χ1n) is 7.35. The van der Waals surface area contributed by atoms with Crippen molar-refractivity contribution < 1.29 is 13.2 Å². The molecule has 1 aromatic carbocycles. The van der Waals surface area contributed by atoms with Crippen LogP contribution < -0.4 is 10.0 Å². The predicted octanol–water partition coefficient (Wildman–Crippen LogP) is 1.29. The molecule has 6 heteroatoms. The van der Waals surface area contributed by atoms with Gasteiger partial charge in [0.05, 0.1) is 11.0 Å². The Morgan fingerprint density at radius 1 is 1.24 bits per heavy atom. The molecule has 0 radical (unpaired) electrons. The maximum Gasteiger partial charge on any atom is 0.240 e. The number of nitrogens with one attached hydrogen (secondary N) is 2. The SMILES string of the molecule is CNCCc1ccc(S(=O)(=O)NC2CCCC2OC)cc1. The predicted molar refractivity (Wildman–Crippen MR) is 82.8 cm³/mol. The monoisotopic (exact) mass is 312 g/mol. The van der Waals surface area contributed by atoms with Crippen molar-refractivity contribution in [1.29, 1.82) is 0 Å². The Bertz CT molecular complexity index is 543. The molecule has 0 saturated heterocycles. The van der Waals surface area contributed by atoms with Gasteiger partial charge < -0.3 is 10.1 Å². The number of methoxy groups -OCH3 is 1. The van der Waals surface area contributed by atoms with Gasteiger partial charge in [-0.1, -0.05) is 12.1 Å². The van der Waals surface area contributed by atoms with Gasteiger partial charge in [0.15, 0.2) is 0 Å². The van der Waals surface area contributed by atoms with Crippen LogP contribution in [0, 0.1) is 0 Å². The molecule has 1 aliphatic rings. The zero-order valence-electron chi connectivity index (χ0n) is 12.6. The summed E-state index contributed by atoms with van der Waals surface area (Å²) >= 11 is 0. The second-order valence-corrected chi connectivity index (χ2v) is 7.14. The summed E-state index contributed by atoms with van der Waals surface area (Å²) in [4.78, 5) is 0.317. The van der Waals surface area contributed by atoms with Crippen molar-refractivity contribution in [2.24, 2.45) is 0 Å². The molecule has 1 aliphatic carbocycles. The Morgan fingerprint density at radius 3 is 2.57 bits per heavy atom. The number of sulfonamides is 1. The highest BCUT2D eigenvalue weighted by atomic mass is 32.2. The van der Waals surface area contributed by atoms with Crippen molar-refractivity contribution >= 4 is 10.0 Å². The molecule has 5 nitrogen and oxygen atoms in total. The second-order valence-electron chi connectivity index (χ2n) is 5.43. The summed E-state index contributed by atoms with van der Waals surface area (Å²) in [6.07, 6.45) is 3.60. The van der Waals surface area contributed by atoms with E-state index in [1.807, 2.05) is 19.2 Å². The molecular formula is C15H24N2O3S. The average Bonchev–Trinajstić information content (AvgIpc) is 2.92. The molecule has 0 bridgehead atoms. The Hall–Kier alpha value is -0.950. The van der Waals surface area contributed by atoms with Crippen LogP contribution in [0.4, 0.5) is 0 Å². The molecule has 2 unspecified atom stereocenters. The lowest BCUT2D eigenvalue weighted by Crippen LogP contribution is -2.40. The van der Waals surface area contributed by atoms with Crippen LogP contribution >= 0.6 is 0 Å². The lowest BCUT2D eigenvalue weighted by Gasteiger charge is -2.19. The van der Waals surface area contributed by atoms with Crippen molar-refractivity contribution in [2.45, 2.75) is 42.7 Å². The maximum absolute atomic E-state index is 12.4. The highest BCUT2D eigenvalue weighted by Gasteiger charge is 2.31. The maximum atomic E-state index is 12.4. The lowest BCUT2D eigenvalue weighted by molar-refractivity contribution is 0.0916. The van der Waals surface area contributed by atoms with E-state index in [4.69, 9.17) is 4.74 Å². The third-order valence-corrected chi connectivity index (χ3v) is 5.46. The summed E-state index contributed by atoms with van der Waals surface area (Å²) in [5.74, 6) is 0. The Morgan fingerprint density at radius 2 is 1.95 bits per heavy atom. The zero-order chi connectivity index (χ0) is 15.3. The van der Waals surface area contributed by atoms with Crippen molar-refractivity contribution in [1.82, 2.24) is 10.0 Å². The summed E-state index contributed by atoms with van der Waals surface area (Å²) in [7, 11) is 0.0626. The molecule has 1 fully saturated rings. The van der Waals surface area contributed by atoms with Gasteiger partial charge in [-0.3, -0.25) is 0 Å². The van der Waals surface area contributed by atoms with Gasteiger partial charge in [-0.15, -0.1) is 0 Å². The molecule has 118 valence electrons. The molecular weight excluding hydrogens is 288 g/mol.